The lowest BCUT2D eigenvalue weighted by atomic mass is 10.2. The molecule has 0 aliphatic heterocycles. The van der Waals surface area contributed by atoms with E-state index in [4.69, 9.17) is 21.1 Å². The first-order chi connectivity index (χ1) is 14.9. The van der Waals surface area contributed by atoms with Crippen molar-refractivity contribution in [2.75, 3.05) is 6.61 Å². The standard InChI is InChI=1S/C22H23ClN4O4/c1-4-30-18-9-11-19(12-10-18)31-15(3)21(28)25-26-22(29)20-13-24-27(14(20)2)17-7-5-16(23)6-8-17/h5-13,15H,4H2,1-3H3,(H,25,28)(H,26,29). The van der Waals surface area contributed by atoms with Crippen molar-refractivity contribution in [1.29, 1.82) is 0 Å². The quantitative estimate of drug-likeness (QED) is 0.546. The van der Waals surface area contributed by atoms with Crippen LogP contribution < -0.4 is 20.3 Å². The molecule has 2 aromatic carbocycles. The molecule has 1 aromatic heterocycles. The maximum Gasteiger partial charge on any atom is 0.279 e. The fourth-order valence-electron chi connectivity index (χ4n) is 2.80. The molecule has 3 aromatic rings. The molecule has 0 aliphatic rings. The molecule has 0 aliphatic carbocycles. The van der Waals surface area contributed by atoms with Crippen LogP contribution in [-0.2, 0) is 4.79 Å². The summed E-state index contributed by atoms with van der Waals surface area (Å²) >= 11 is 5.91. The van der Waals surface area contributed by atoms with Crippen LogP contribution in [0, 0.1) is 6.92 Å². The van der Waals surface area contributed by atoms with Crippen molar-refractivity contribution in [3.05, 3.63) is 71.0 Å². The first kappa shape index (κ1) is 22.2. The van der Waals surface area contributed by atoms with Gasteiger partial charge in [0, 0.05) is 5.02 Å². The Morgan fingerprint density at radius 3 is 2.35 bits per heavy atom. The highest BCUT2D eigenvalue weighted by Gasteiger charge is 2.19. The van der Waals surface area contributed by atoms with Gasteiger partial charge >= 0.3 is 0 Å². The molecule has 1 unspecified atom stereocenters. The van der Waals surface area contributed by atoms with Gasteiger partial charge in [-0.2, -0.15) is 5.10 Å². The van der Waals surface area contributed by atoms with Crippen LogP contribution >= 0.6 is 11.6 Å². The Hall–Kier alpha value is -3.52. The molecule has 1 atom stereocenters. The number of ether oxygens (including phenoxy) is 2. The molecule has 31 heavy (non-hydrogen) atoms. The number of carbonyl (C=O) groups is 2. The molecule has 0 bridgehead atoms. The first-order valence-electron chi connectivity index (χ1n) is 9.69. The molecular formula is C22H23ClN4O4. The van der Waals surface area contributed by atoms with Gasteiger partial charge in [-0.1, -0.05) is 11.6 Å². The SMILES string of the molecule is CCOc1ccc(OC(C)C(=O)NNC(=O)c2cnn(-c3ccc(Cl)cc3)c2C)cc1. The van der Waals surface area contributed by atoms with Crippen LogP contribution in [-0.4, -0.2) is 34.3 Å². The predicted octanol–water partition coefficient (Wildman–Crippen LogP) is 3.46. The molecule has 8 nitrogen and oxygen atoms in total. The Morgan fingerprint density at radius 1 is 1.06 bits per heavy atom. The second kappa shape index (κ2) is 9.99. The Balaban J connectivity index is 1.56. The van der Waals surface area contributed by atoms with Crippen LogP contribution in [0.1, 0.15) is 29.9 Å². The summed E-state index contributed by atoms with van der Waals surface area (Å²) in [6, 6.07) is 14.0. The number of benzene rings is 2. The molecular weight excluding hydrogens is 420 g/mol. The molecule has 2 amide bonds. The minimum Gasteiger partial charge on any atom is -0.494 e. The molecule has 0 spiro atoms. The minimum atomic E-state index is -0.823. The molecule has 0 fully saturated rings. The Kier molecular flexibility index (Phi) is 7.15. The van der Waals surface area contributed by atoms with Crippen molar-refractivity contribution in [1.82, 2.24) is 20.6 Å². The van der Waals surface area contributed by atoms with Crippen LogP contribution in [0.5, 0.6) is 11.5 Å². The molecule has 0 saturated heterocycles. The molecule has 162 valence electrons. The Morgan fingerprint density at radius 2 is 1.71 bits per heavy atom. The number of nitrogens with one attached hydrogen (secondary N) is 2. The van der Waals surface area contributed by atoms with Gasteiger partial charge < -0.3 is 9.47 Å². The Bertz CT molecular complexity index is 1050. The average Bonchev–Trinajstić information content (AvgIpc) is 3.15. The summed E-state index contributed by atoms with van der Waals surface area (Å²) in [4.78, 5) is 24.8. The molecule has 2 N–H and O–H groups in total. The van der Waals surface area contributed by atoms with E-state index >= 15 is 0 Å². The van der Waals surface area contributed by atoms with Gasteiger partial charge in [-0.15, -0.1) is 0 Å². The number of aromatic nitrogens is 2. The van der Waals surface area contributed by atoms with E-state index in [1.165, 1.54) is 6.20 Å². The van der Waals surface area contributed by atoms with Gasteiger partial charge in [0.2, 0.25) is 0 Å². The zero-order valence-corrected chi connectivity index (χ0v) is 18.1. The van der Waals surface area contributed by atoms with E-state index in [0.717, 1.165) is 5.69 Å². The highest BCUT2D eigenvalue weighted by molar-refractivity contribution is 6.30. The summed E-state index contributed by atoms with van der Waals surface area (Å²) in [5, 5.41) is 4.85. The normalized spacial score (nSPS) is 11.5. The zero-order chi connectivity index (χ0) is 22.4. The topological polar surface area (TPSA) is 94.5 Å². The van der Waals surface area contributed by atoms with Crippen LogP contribution in [0.4, 0.5) is 0 Å². The summed E-state index contributed by atoms with van der Waals surface area (Å²) in [6.45, 7) is 5.81. The lowest BCUT2D eigenvalue weighted by Gasteiger charge is -2.15. The van der Waals surface area contributed by atoms with Gasteiger partial charge in [-0.25, -0.2) is 4.68 Å². The van der Waals surface area contributed by atoms with Crippen LogP contribution in [0.15, 0.2) is 54.7 Å². The van der Waals surface area contributed by atoms with Gasteiger partial charge in [0.1, 0.15) is 11.5 Å². The lowest BCUT2D eigenvalue weighted by Crippen LogP contribution is -2.47. The number of nitrogens with zero attached hydrogens (tertiary/aromatic N) is 2. The molecule has 0 radical (unpaired) electrons. The van der Waals surface area contributed by atoms with E-state index in [0.29, 0.717) is 34.4 Å². The highest BCUT2D eigenvalue weighted by Crippen LogP contribution is 2.19. The largest absolute Gasteiger partial charge is 0.494 e. The third-order valence-corrected chi connectivity index (χ3v) is 4.69. The second-order valence-corrected chi connectivity index (χ2v) is 7.08. The fraction of sp³-hybridized carbons (Fsp3) is 0.227. The van der Waals surface area contributed by atoms with Gasteiger partial charge in [0.15, 0.2) is 6.10 Å². The maximum atomic E-state index is 12.5. The number of hydrazine groups is 1. The smallest absolute Gasteiger partial charge is 0.279 e. The number of hydrogen-bond donors (Lipinski definition) is 2. The van der Waals surface area contributed by atoms with Crippen LogP contribution in [0.3, 0.4) is 0 Å². The molecule has 1 heterocycles. The summed E-state index contributed by atoms with van der Waals surface area (Å²) in [6.07, 6.45) is 0.613. The number of halogens is 1. The van der Waals surface area contributed by atoms with Crippen molar-refractivity contribution < 1.29 is 19.1 Å². The summed E-state index contributed by atoms with van der Waals surface area (Å²) in [7, 11) is 0. The summed E-state index contributed by atoms with van der Waals surface area (Å²) in [5.41, 5.74) is 6.48. The lowest BCUT2D eigenvalue weighted by molar-refractivity contribution is -0.128. The first-order valence-corrected chi connectivity index (χ1v) is 10.1. The minimum absolute atomic E-state index is 0.329. The van der Waals surface area contributed by atoms with E-state index in [-0.39, 0.29) is 0 Å². The monoisotopic (exact) mass is 442 g/mol. The summed E-state index contributed by atoms with van der Waals surface area (Å²) in [5.74, 6) is 0.246. The van der Waals surface area contributed by atoms with Gasteiger partial charge in [-0.3, -0.25) is 20.4 Å². The van der Waals surface area contributed by atoms with E-state index < -0.39 is 17.9 Å². The van der Waals surface area contributed by atoms with Crippen LogP contribution in [0.2, 0.25) is 5.02 Å². The van der Waals surface area contributed by atoms with Gasteiger partial charge in [0.05, 0.1) is 29.7 Å². The van der Waals surface area contributed by atoms with E-state index in [1.807, 2.05) is 6.92 Å². The Labute approximate surface area is 185 Å². The van der Waals surface area contributed by atoms with E-state index in [9.17, 15) is 9.59 Å². The van der Waals surface area contributed by atoms with Crippen molar-refractivity contribution in [2.24, 2.45) is 0 Å². The second-order valence-electron chi connectivity index (χ2n) is 6.64. The van der Waals surface area contributed by atoms with Gasteiger partial charge in [0.25, 0.3) is 11.8 Å². The van der Waals surface area contributed by atoms with E-state index in [2.05, 4.69) is 16.0 Å². The zero-order valence-electron chi connectivity index (χ0n) is 17.4. The average molecular weight is 443 g/mol. The summed E-state index contributed by atoms with van der Waals surface area (Å²) < 4.78 is 12.6. The number of hydrogen-bond acceptors (Lipinski definition) is 5. The molecule has 9 heteroatoms. The van der Waals surface area contributed by atoms with Gasteiger partial charge in [-0.05, 0) is 69.3 Å². The van der Waals surface area contributed by atoms with Crippen molar-refractivity contribution >= 4 is 23.4 Å². The highest BCUT2D eigenvalue weighted by atomic mass is 35.5. The fourth-order valence-corrected chi connectivity index (χ4v) is 2.93. The predicted molar refractivity (Wildman–Crippen MR) is 117 cm³/mol. The number of amides is 2. The molecule has 0 saturated carbocycles. The number of carbonyl (C=O) groups excluding carboxylic acids is 2. The van der Waals surface area contributed by atoms with Crippen molar-refractivity contribution in [3.63, 3.8) is 0 Å². The third-order valence-electron chi connectivity index (χ3n) is 4.44. The molecule has 3 rings (SSSR count). The van der Waals surface area contributed by atoms with Crippen LogP contribution in [0.25, 0.3) is 5.69 Å². The maximum absolute atomic E-state index is 12.5. The van der Waals surface area contributed by atoms with E-state index in [1.54, 1.807) is 67.1 Å². The third kappa shape index (κ3) is 5.55. The van der Waals surface area contributed by atoms with Crippen molar-refractivity contribution in [3.8, 4) is 17.2 Å². The number of rotatable bonds is 7. The van der Waals surface area contributed by atoms with Crippen molar-refractivity contribution in [2.45, 2.75) is 26.9 Å².